The molecule has 8 heavy (non-hydrogen) atoms. The van der Waals surface area contributed by atoms with E-state index in [0.29, 0.717) is 0 Å². The summed E-state index contributed by atoms with van der Waals surface area (Å²) in [5, 5.41) is 0. The number of nitrogens with one attached hydrogen (secondary N) is 1. The molecule has 0 aliphatic heterocycles. The van der Waals surface area contributed by atoms with E-state index in [4.69, 9.17) is 0 Å². The SMILES string of the molecule is O=c1cncc(I)[nH]1. The van der Waals surface area contributed by atoms with E-state index in [2.05, 4.69) is 9.97 Å². The second-order valence-electron chi connectivity index (χ2n) is 1.24. The number of aromatic amines is 1. The Hall–Kier alpha value is -0.390. The van der Waals surface area contributed by atoms with Crippen molar-refractivity contribution >= 4 is 22.6 Å². The van der Waals surface area contributed by atoms with Crippen LogP contribution in [-0.4, -0.2) is 9.97 Å². The van der Waals surface area contributed by atoms with Crippen LogP contribution in [0.15, 0.2) is 17.2 Å². The summed E-state index contributed by atoms with van der Waals surface area (Å²) in [6, 6.07) is 0. The van der Waals surface area contributed by atoms with Crippen molar-refractivity contribution in [3.05, 3.63) is 26.4 Å². The van der Waals surface area contributed by atoms with Crippen LogP contribution in [0.1, 0.15) is 0 Å². The molecule has 0 bridgehead atoms. The van der Waals surface area contributed by atoms with Crippen LogP contribution in [0, 0.1) is 3.70 Å². The molecule has 0 fully saturated rings. The van der Waals surface area contributed by atoms with E-state index in [0.717, 1.165) is 3.70 Å². The maximum atomic E-state index is 10.4. The second kappa shape index (κ2) is 2.25. The average molecular weight is 222 g/mol. The Morgan fingerprint density at radius 3 is 2.75 bits per heavy atom. The lowest BCUT2D eigenvalue weighted by molar-refractivity contribution is 1.10. The third-order valence-electron chi connectivity index (χ3n) is 0.622. The minimum Gasteiger partial charge on any atom is -0.315 e. The minimum absolute atomic E-state index is 0.156. The van der Waals surface area contributed by atoms with Crippen LogP contribution >= 0.6 is 22.6 Å². The molecule has 42 valence electrons. The number of hydrogen-bond donors (Lipinski definition) is 1. The number of hydrogen-bond acceptors (Lipinski definition) is 2. The third kappa shape index (κ3) is 1.29. The van der Waals surface area contributed by atoms with Crippen LogP contribution in [0.25, 0.3) is 0 Å². The van der Waals surface area contributed by atoms with Gasteiger partial charge in [0.25, 0.3) is 5.56 Å². The first-order valence-electron chi connectivity index (χ1n) is 1.99. The first-order valence-corrected chi connectivity index (χ1v) is 3.07. The molecule has 0 aromatic carbocycles. The van der Waals surface area contributed by atoms with Crippen molar-refractivity contribution in [1.29, 1.82) is 0 Å². The maximum Gasteiger partial charge on any atom is 0.267 e. The summed E-state index contributed by atoms with van der Waals surface area (Å²) in [4.78, 5) is 16.5. The highest BCUT2D eigenvalue weighted by Gasteiger charge is 1.82. The van der Waals surface area contributed by atoms with Crippen molar-refractivity contribution in [3.8, 4) is 0 Å². The molecule has 1 aromatic heterocycles. The van der Waals surface area contributed by atoms with E-state index in [1.54, 1.807) is 6.20 Å². The van der Waals surface area contributed by atoms with Crippen molar-refractivity contribution in [2.24, 2.45) is 0 Å². The average Bonchev–Trinajstić information content (AvgIpc) is 1.64. The Balaban J connectivity index is 3.28. The highest BCUT2D eigenvalue weighted by atomic mass is 127. The molecule has 1 aromatic rings. The molecular formula is C4H3IN2O. The van der Waals surface area contributed by atoms with Gasteiger partial charge in [-0.2, -0.15) is 0 Å². The standard InChI is InChI=1S/C4H3IN2O/c5-3-1-6-2-4(8)7-3/h1-2H,(H,7,8). The number of halogens is 1. The van der Waals surface area contributed by atoms with E-state index < -0.39 is 0 Å². The van der Waals surface area contributed by atoms with Crippen LogP contribution < -0.4 is 5.56 Å². The Kier molecular flexibility index (Phi) is 1.62. The summed E-state index contributed by atoms with van der Waals surface area (Å²) in [6.07, 6.45) is 2.82. The fraction of sp³-hybridized carbons (Fsp3) is 0. The fourth-order valence-electron chi connectivity index (χ4n) is 0.353. The van der Waals surface area contributed by atoms with E-state index in [1.807, 2.05) is 22.6 Å². The van der Waals surface area contributed by atoms with E-state index in [1.165, 1.54) is 6.20 Å². The normalized spacial score (nSPS) is 9.12. The highest BCUT2D eigenvalue weighted by Crippen LogP contribution is 1.89. The van der Waals surface area contributed by atoms with Crippen LogP contribution in [0.4, 0.5) is 0 Å². The van der Waals surface area contributed by atoms with Gasteiger partial charge in [-0.1, -0.05) is 0 Å². The van der Waals surface area contributed by atoms with Crippen molar-refractivity contribution in [2.45, 2.75) is 0 Å². The van der Waals surface area contributed by atoms with Crippen LogP contribution in [0.2, 0.25) is 0 Å². The summed E-state index contributed by atoms with van der Waals surface area (Å²) >= 11 is 1.99. The minimum atomic E-state index is -0.156. The Labute approximate surface area is 59.3 Å². The van der Waals surface area contributed by atoms with Crippen molar-refractivity contribution < 1.29 is 0 Å². The summed E-state index contributed by atoms with van der Waals surface area (Å²) in [7, 11) is 0. The smallest absolute Gasteiger partial charge is 0.267 e. The lowest BCUT2D eigenvalue weighted by atomic mass is 10.8. The largest absolute Gasteiger partial charge is 0.315 e. The molecule has 0 amide bonds. The first-order chi connectivity index (χ1) is 3.79. The predicted molar refractivity (Wildman–Crippen MR) is 37.6 cm³/mol. The van der Waals surface area contributed by atoms with Crippen LogP contribution in [0.3, 0.4) is 0 Å². The number of H-pyrrole nitrogens is 1. The van der Waals surface area contributed by atoms with Crippen molar-refractivity contribution in [3.63, 3.8) is 0 Å². The Morgan fingerprint density at radius 2 is 2.38 bits per heavy atom. The molecule has 1 N–H and O–H groups in total. The van der Waals surface area contributed by atoms with E-state index in [-0.39, 0.29) is 5.56 Å². The van der Waals surface area contributed by atoms with Gasteiger partial charge in [0.2, 0.25) is 0 Å². The molecule has 1 rings (SSSR count). The second-order valence-corrected chi connectivity index (χ2v) is 2.41. The van der Waals surface area contributed by atoms with Gasteiger partial charge in [-0.15, -0.1) is 0 Å². The summed E-state index contributed by atoms with van der Waals surface area (Å²) in [5.41, 5.74) is -0.156. The quantitative estimate of drug-likeness (QED) is 0.644. The van der Waals surface area contributed by atoms with Gasteiger partial charge in [0.05, 0.1) is 16.1 Å². The highest BCUT2D eigenvalue weighted by molar-refractivity contribution is 14.1. The molecule has 0 unspecified atom stereocenters. The van der Waals surface area contributed by atoms with Gasteiger partial charge in [-0.25, -0.2) is 0 Å². The number of nitrogens with zero attached hydrogens (tertiary/aromatic N) is 1. The van der Waals surface area contributed by atoms with Crippen molar-refractivity contribution in [2.75, 3.05) is 0 Å². The van der Waals surface area contributed by atoms with E-state index >= 15 is 0 Å². The van der Waals surface area contributed by atoms with Gasteiger partial charge < -0.3 is 4.98 Å². The molecular weight excluding hydrogens is 219 g/mol. The molecule has 3 nitrogen and oxygen atoms in total. The lowest BCUT2D eigenvalue weighted by Gasteiger charge is -1.82. The van der Waals surface area contributed by atoms with Crippen molar-refractivity contribution in [1.82, 2.24) is 9.97 Å². The number of rotatable bonds is 0. The number of aromatic nitrogens is 2. The molecule has 0 aliphatic carbocycles. The topological polar surface area (TPSA) is 45.8 Å². The molecule has 0 saturated heterocycles. The first kappa shape index (κ1) is 5.74. The molecule has 0 radical (unpaired) electrons. The zero-order valence-corrected chi connectivity index (χ0v) is 6.05. The lowest BCUT2D eigenvalue weighted by Crippen LogP contribution is -2.05. The molecule has 0 spiro atoms. The van der Waals surface area contributed by atoms with Gasteiger partial charge in [0.15, 0.2) is 0 Å². The zero-order chi connectivity index (χ0) is 5.98. The van der Waals surface area contributed by atoms with Gasteiger partial charge in [0.1, 0.15) is 0 Å². The van der Waals surface area contributed by atoms with Gasteiger partial charge >= 0.3 is 0 Å². The van der Waals surface area contributed by atoms with Gasteiger partial charge in [0, 0.05) is 0 Å². The maximum absolute atomic E-state index is 10.4. The molecule has 0 saturated carbocycles. The van der Waals surface area contributed by atoms with Gasteiger partial charge in [-0.3, -0.25) is 9.78 Å². The van der Waals surface area contributed by atoms with Gasteiger partial charge in [-0.05, 0) is 22.6 Å². The van der Waals surface area contributed by atoms with Crippen LogP contribution in [0.5, 0.6) is 0 Å². The predicted octanol–water partition coefficient (Wildman–Crippen LogP) is 0.374. The summed E-state index contributed by atoms with van der Waals surface area (Å²) < 4.78 is 0.759. The van der Waals surface area contributed by atoms with E-state index in [9.17, 15) is 4.79 Å². The fourth-order valence-corrected chi connectivity index (χ4v) is 0.779. The summed E-state index contributed by atoms with van der Waals surface area (Å²) in [6.45, 7) is 0. The Bertz CT molecular complexity index is 231. The monoisotopic (exact) mass is 222 g/mol. The Morgan fingerprint density at radius 1 is 1.62 bits per heavy atom. The summed E-state index contributed by atoms with van der Waals surface area (Å²) in [5.74, 6) is 0. The molecule has 0 atom stereocenters. The third-order valence-corrected chi connectivity index (χ3v) is 1.17. The molecule has 1 heterocycles. The molecule has 4 heteroatoms. The molecule has 0 aliphatic rings. The zero-order valence-electron chi connectivity index (χ0n) is 3.89. The van der Waals surface area contributed by atoms with Crippen LogP contribution in [-0.2, 0) is 0 Å².